The van der Waals surface area contributed by atoms with Crippen LogP contribution >= 0.6 is 0 Å². The highest BCUT2D eigenvalue weighted by molar-refractivity contribution is 5.89. The Kier molecular flexibility index (Phi) is 4.56. The zero-order chi connectivity index (χ0) is 13.5. The van der Waals surface area contributed by atoms with Gasteiger partial charge in [0.15, 0.2) is 0 Å². The first-order chi connectivity index (χ1) is 9.29. The van der Waals surface area contributed by atoms with E-state index in [9.17, 15) is 4.79 Å². The predicted molar refractivity (Wildman–Crippen MR) is 78.0 cm³/mol. The van der Waals surface area contributed by atoms with Crippen molar-refractivity contribution < 1.29 is 4.79 Å². The molecule has 0 aromatic heterocycles. The molecule has 0 spiro atoms. The monoisotopic (exact) mass is 254 g/mol. The van der Waals surface area contributed by atoms with E-state index in [0.717, 1.165) is 11.3 Å². The Labute approximate surface area is 113 Å². The topological polar surface area (TPSA) is 32.3 Å². The molecule has 0 radical (unpaired) electrons. The molecule has 98 valence electrons. The van der Waals surface area contributed by atoms with Gasteiger partial charge in [-0.2, -0.15) is 0 Å². The Morgan fingerprint density at radius 2 is 1.58 bits per heavy atom. The van der Waals surface area contributed by atoms with Crippen molar-refractivity contribution in [2.24, 2.45) is 0 Å². The van der Waals surface area contributed by atoms with Crippen LogP contribution < -0.4 is 5.32 Å². The average Bonchev–Trinajstić information content (AvgIpc) is 2.47. The summed E-state index contributed by atoms with van der Waals surface area (Å²) in [5, 5.41) is 2.90. The van der Waals surface area contributed by atoms with Crippen molar-refractivity contribution in [2.75, 3.05) is 11.9 Å². The van der Waals surface area contributed by atoms with Gasteiger partial charge in [0.1, 0.15) is 0 Å². The van der Waals surface area contributed by atoms with Gasteiger partial charge >= 0.3 is 6.03 Å². The standard InChI is InChI=1S/C16H18N2O/c1-2-18(13-14-9-5-3-6-10-14)16(19)17-15-11-7-4-8-12-15/h3-12H,2,13H2,1H3,(H,17,19). The Morgan fingerprint density at radius 1 is 1.00 bits per heavy atom. The van der Waals surface area contributed by atoms with Crippen LogP contribution in [0.4, 0.5) is 10.5 Å². The van der Waals surface area contributed by atoms with E-state index in [0.29, 0.717) is 13.1 Å². The minimum Gasteiger partial charge on any atom is -0.320 e. The number of carbonyl (C=O) groups is 1. The predicted octanol–water partition coefficient (Wildman–Crippen LogP) is 3.74. The summed E-state index contributed by atoms with van der Waals surface area (Å²) in [5.41, 5.74) is 1.95. The fourth-order valence-electron chi connectivity index (χ4n) is 1.86. The lowest BCUT2D eigenvalue weighted by molar-refractivity contribution is 0.212. The highest BCUT2D eigenvalue weighted by Crippen LogP contribution is 2.09. The Bertz CT molecular complexity index is 511. The van der Waals surface area contributed by atoms with Gasteiger partial charge in [0, 0.05) is 18.8 Å². The molecule has 0 bridgehead atoms. The van der Waals surface area contributed by atoms with Gasteiger partial charge < -0.3 is 10.2 Å². The molecule has 0 aliphatic heterocycles. The first-order valence-electron chi connectivity index (χ1n) is 6.44. The van der Waals surface area contributed by atoms with E-state index in [2.05, 4.69) is 5.32 Å². The maximum atomic E-state index is 12.2. The van der Waals surface area contributed by atoms with E-state index < -0.39 is 0 Å². The maximum absolute atomic E-state index is 12.2. The van der Waals surface area contributed by atoms with Crippen LogP contribution in [0, 0.1) is 0 Å². The van der Waals surface area contributed by atoms with Crippen LogP contribution in [0.1, 0.15) is 12.5 Å². The van der Waals surface area contributed by atoms with Gasteiger partial charge in [0.2, 0.25) is 0 Å². The highest BCUT2D eigenvalue weighted by atomic mass is 16.2. The van der Waals surface area contributed by atoms with Crippen molar-refractivity contribution in [3.63, 3.8) is 0 Å². The molecular weight excluding hydrogens is 236 g/mol. The second kappa shape index (κ2) is 6.59. The first kappa shape index (κ1) is 13.1. The first-order valence-corrected chi connectivity index (χ1v) is 6.44. The zero-order valence-corrected chi connectivity index (χ0v) is 11.0. The molecule has 2 aromatic carbocycles. The Balaban J connectivity index is 2.00. The number of hydrogen-bond acceptors (Lipinski definition) is 1. The van der Waals surface area contributed by atoms with Crippen molar-refractivity contribution >= 4 is 11.7 Å². The number of nitrogens with zero attached hydrogens (tertiary/aromatic N) is 1. The van der Waals surface area contributed by atoms with Crippen molar-refractivity contribution in [3.8, 4) is 0 Å². The summed E-state index contributed by atoms with van der Waals surface area (Å²) >= 11 is 0. The molecule has 0 fully saturated rings. The van der Waals surface area contributed by atoms with Gasteiger partial charge in [-0.3, -0.25) is 0 Å². The van der Waals surface area contributed by atoms with Gasteiger partial charge in [0.05, 0.1) is 0 Å². The number of urea groups is 1. The number of nitrogens with one attached hydrogen (secondary N) is 1. The third kappa shape index (κ3) is 3.85. The van der Waals surface area contributed by atoms with E-state index in [1.165, 1.54) is 0 Å². The molecule has 1 N–H and O–H groups in total. The number of benzene rings is 2. The van der Waals surface area contributed by atoms with E-state index in [-0.39, 0.29) is 6.03 Å². The van der Waals surface area contributed by atoms with Crippen LogP contribution in [0.5, 0.6) is 0 Å². The Hall–Kier alpha value is -2.29. The lowest BCUT2D eigenvalue weighted by atomic mass is 10.2. The van der Waals surface area contributed by atoms with Gasteiger partial charge in [0.25, 0.3) is 0 Å². The van der Waals surface area contributed by atoms with Crippen molar-refractivity contribution in [1.29, 1.82) is 0 Å². The number of anilines is 1. The molecule has 0 saturated carbocycles. The zero-order valence-electron chi connectivity index (χ0n) is 11.0. The summed E-state index contributed by atoms with van der Waals surface area (Å²) in [5.74, 6) is 0. The normalized spacial score (nSPS) is 9.95. The molecule has 0 saturated heterocycles. The fourth-order valence-corrected chi connectivity index (χ4v) is 1.86. The minimum absolute atomic E-state index is 0.0717. The summed E-state index contributed by atoms with van der Waals surface area (Å²) in [6, 6.07) is 19.4. The van der Waals surface area contributed by atoms with Crippen molar-refractivity contribution in [3.05, 3.63) is 66.2 Å². The molecule has 2 rings (SSSR count). The molecule has 3 nitrogen and oxygen atoms in total. The summed E-state index contributed by atoms with van der Waals surface area (Å²) in [6.45, 7) is 3.27. The molecule has 3 heteroatoms. The third-order valence-corrected chi connectivity index (χ3v) is 2.91. The fraction of sp³-hybridized carbons (Fsp3) is 0.188. The molecule has 0 aliphatic carbocycles. The summed E-state index contributed by atoms with van der Waals surface area (Å²) in [6.07, 6.45) is 0. The molecule has 0 atom stereocenters. The van der Waals surface area contributed by atoms with E-state index >= 15 is 0 Å². The van der Waals surface area contributed by atoms with E-state index in [1.807, 2.05) is 67.6 Å². The minimum atomic E-state index is -0.0717. The average molecular weight is 254 g/mol. The quantitative estimate of drug-likeness (QED) is 0.885. The Morgan fingerprint density at radius 3 is 2.16 bits per heavy atom. The third-order valence-electron chi connectivity index (χ3n) is 2.91. The summed E-state index contributed by atoms with van der Waals surface area (Å²) in [4.78, 5) is 13.9. The molecule has 2 aromatic rings. The molecule has 19 heavy (non-hydrogen) atoms. The molecule has 0 heterocycles. The van der Waals surface area contributed by atoms with Gasteiger partial charge in [-0.05, 0) is 24.6 Å². The van der Waals surface area contributed by atoms with Gasteiger partial charge in [-0.15, -0.1) is 0 Å². The van der Waals surface area contributed by atoms with Crippen LogP contribution in [0.3, 0.4) is 0 Å². The molecule has 2 amide bonds. The van der Waals surface area contributed by atoms with Gasteiger partial charge in [-0.25, -0.2) is 4.79 Å². The SMILES string of the molecule is CCN(Cc1ccccc1)C(=O)Nc1ccccc1. The van der Waals surface area contributed by atoms with Crippen LogP contribution in [0.15, 0.2) is 60.7 Å². The number of rotatable bonds is 4. The lowest BCUT2D eigenvalue weighted by Crippen LogP contribution is -2.34. The van der Waals surface area contributed by atoms with Crippen LogP contribution in [0.2, 0.25) is 0 Å². The van der Waals surface area contributed by atoms with E-state index in [1.54, 1.807) is 4.90 Å². The smallest absolute Gasteiger partial charge is 0.320 e. The number of para-hydroxylation sites is 1. The second-order valence-electron chi connectivity index (χ2n) is 4.30. The number of carbonyl (C=O) groups excluding carboxylic acids is 1. The summed E-state index contributed by atoms with van der Waals surface area (Å²) < 4.78 is 0. The van der Waals surface area contributed by atoms with Crippen LogP contribution in [-0.4, -0.2) is 17.5 Å². The van der Waals surface area contributed by atoms with Crippen molar-refractivity contribution in [2.45, 2.75) is 13.5 Å². The maximum Gasteiger partial charge on any atom is 0.322 e. The highest BCUT2D eigenvalue weighted by Gasteiger charge is 2.11. The van der Waals surface area contributed by atoms with Gasteiger partial charge in [-0.1, -0.05) is 48.5 Å². The van der Waals surface area contributed by atoms with Crippen LogP contribution in [-0.2, 0) is 6.54 Å². The number of hydrogen-bond donors (Lipinski definition) is 1. The number of amides is 2. The largest absolute Gasteiger partial charge is 0.322 e. The van der Waals surface area contributed by atoms with E-state index in [4.69, 9.17) is 0 Å². The second-order valence-corrected chi connectivity index (χ2v) is 4.30. The lowest BCUT2D eigenvalue weighted by Gasteiger charge is -2.21. The van der Waals surface area contributed by atoms with Crippen LogP contribution in [0.25, 0.3) is 0 Å². The summed E-state index contributed by atoms with van der Waals surface area (Å²) in [7, 11) is 0. The van der Waals surface area contributed by atoms with Crippen molar-refractivity contribution in [1.82, 2.24) is 4.90 Å². The molecule has 0 unspecified atom stereocenters. The molecule has 0 aliphatic rings. The molecular formula is C16H18N2O.